The minimum Gasteiger partial charge on any atom is -0.0651 e. The van der Waals surface area contributed by atoms with E-state index >= 15 is 0 Å². The van der Waals surface area contributed by atoms with Crippen LogP contribution in [0.4, 0.5) is 0 Å². The molecule has 0 N–H and O–H groups in total. The van der Waals surface area contributed by atoms with Crippen molar-refractivity contribution in [3.63, 3.8) is 0 Å². The molecule has 0 nitrogen and oxygen atoms in total. The normalized spacial score (nSPS) is 43.3. The van der Waals surface area contributed by atoms with Crippen LogP contribution in [0.1, 0.15) is 65.2 Å². The predicted molar refractivity (Wildman–Crippen MR) is 62.2 cm³/mol. The summed E-state index contributed by atoms with van der Waals surface area (Å²) in [5.74, 6) is 4.39. The second kappa shape index (κ2) is 4.68. The topological polar surface area (TPSA) is 0 Å². The van der Waals surface area contributed by atoms with Gasteiger partial charge < -0.3 is 0 Å². The zero-order chi connectivity index (χ0) is 9.97. The lowest BCUT2D eigenvalue weighted by molar-refractivity contribution is 0.0501. The lowest BCUT2D eigenvalue weighted by Gasteiger charge is -2.45. The molecule has 0 aromatic carbocycles. The molecule has 0 amide bonds. The first kappa shape index (κ1) is 10.5. The number of rotatable bonds is 2. The lowest BCUT2D eigenvalue weighted by atomic mass is 9.60. The first-order valence-electron chi connectivity index (χ1n) is 6.86. The van der Waals surface area contributed by atoms with Crippen LogP contribution in [0, 0.1) is 23.7 Å². The average molecular weight is 194 g/mol. The van der Waals surface area contributed by atoms with E-state index in [0.717, 1.165) is 23.7 Å². The molecule has 0 heterocycles. The second-order valence-electron chi connectivity index (χ2n) is 5.53. The fraction of sp³-hybridized carbons (Fsp3) is 1.00. The van der Waals surface area contributed by atoms with Crippen LogP contribution < -0.4 is 0 Å². The fourth-order valence-corrected chi connectivity index (χ4v) is 4.29. The Morgan fingerprint density at radius 3 is 2.36 bits per heavy atom. The van der Waals surface area contributed by atoms with Crippen LogP contribution in [-0.2, 0) is 0 Å². The molecular weight excluding hydrogens is 168 g/mol. The van der Waals surface area contributed by atoms with Crippen LogP contribution in [0.15, 0.2) is 0 Å². The van der Waals surface area contributed by atoms with Crippen molar-refractivity contribution in [3.05, 3.63) is 0 Å². The Hall–Kier alpha value is 0. The zero-order valence-electron chi connectivity index (χ0n) is 9.97. The average Bonchev–Trinajstić information content (AvgIpc) is 2.27. The maximum Gasteiger partial charge on any atom is -0.0355 e. The summed E-state index contributed by atoms with van der Waals surface area (Å²) in [5.41, 5.74) is 0. The lowest BCUT2D eigenvalue weighted by Crippen LogP contribution is -2.36. The molecule has 2 fully saturated rings. The minimum absolute atomic E-state index is 1.07. The van der Waals surface area contributed by atoms with Gasteiger partial charge in [0, 0.05) is 0 Å². The smallest absolute Gasteiger partial charge is 0.0355 e. The van der Waals surface area contributed by atoms with Crippen molar-refractivity contribution in [2.24, 2.45) is 23.7 Å². The van der Waals surface area contributed by atoms with E-state index in [1.54, 1.807) is 19.3 Å². The third kappa shape index (κ3) is 1.85. The molecule has 0 heteroatoms. The van der Waals surface area contributed by atoms with Gasteiger partial charge in [0.25, 0.3) is 0 Å². The number of hydrogen-bond acceptors (Lipinski definition) is 0. The maximum atomic E-state index is 2.42. The Balaban J connectivity index is 2.04. The van der Waals surface area contributed by atoms with E-state index in [-0.39, 0.29) is 0 Å². The minimum atomic E-state index is 1.07. The second-order valence-corrected chi connectivity index (χ2v) is 5.53. The van der Waals surface area contributed by atoms with Crippen LogP contribution in [0.5, 0.6) is 0 Å². The maximum absolute atomic E-state index is 2.42. The highest BCUT2D eigenvalue weighted by molar-refractivity contribution is 4.88. The van der Waals surface area contributed by atoms with Crippen LogP contribution in [0.2, 0.25) is 0 Å². The van der Waals surface area contributed by atoms with Gasteiger partial charge in [-0.05, 0) is 42.9 Å². The van der Waals surface area contributed by atoms with Crippen LogP contribution in [0.3, 0.4) is 0 Å². The van der Waals surface area contributed by atoms with Gasteiger partial charge >= 0.3 is 0 Å². The molecule has 0 saturated heterocycles. The predicted octanol–water partition coefficient (Wildman–Crippen LogP) is 4.64. The molecule has 2 aliphatic rings. The van der Waals surface area contributed by atoms with Crippen molar-refractivity contribution in [2.75, 3.05) is 0 Å². The molecule has 2 rings (SSSR count). The molecule has 0 aliphatic heterocycles. The van der Waals surface area contributed by atoms with Gasteiger partial charge in [0.15, 0.2) is 0 Å². The number of fused-ring (bicyclic) bond motifs is 1. The van der Waals surface area contributed by atoms with Crippen molar-refractivity contribution >= 4 is 0 Å². The van der Waals surface area contributed by atoms with Gasteiger partial charge in [-0.25, -0.2) is 0 Å². The molecule has 0 radical (unpaired) electrons. The van der Waals surface area contributed by atoms with Gasteiger partial charge in [-0.15, -0.1) is 0 Å². The van der Waals surface area contributed by atoms with Crippen LogP contribution >= 0.6 is 0 Å². The van der Waals surface area contributed by atoms with E-state index in [0.29, 0.717) is 0 Å². The summed E-state index contributed by atoms with van der Waals surface area (Å²) in [6.45, 7) is 4.82. The summed E-state index contributed by atoms with van der Waals surface area (Å²) in [4.78, 5) is 0. The highest BCUT2D eigenvalue weighted by Crippen LogP contribution is 2.48. The molecule has 14 heavy (non-hydrogen) atoms. The van der Waals surface area contributed by atoms with Gasteiger partial charge in [0.1, 0.15) is 0 Å². The van der Waals surface area contributed by atoms with Crippen LogP contribution in [0.25, 0.3) is 0 Å². The summed E-state index contributed by atoms with van der Waals surface area (Å²) in [6.07, 6.45) is 12.1. The summed E-state index contributed by atoms with van der Waals surface area (Å²) >= 11 is 0. The van der Waals surface area contributed by atoms with Crippen molar-refractivity contribution in [2.45, 2.75) is 65.2 Å². The molecule has 2 aliphatic carbocycles. The van der Waals surface area contributed by atoms with Gasteiger partial charge in [-0.2, -0.15) is 0 Å². The Morgan fingerprint density at radius 2 is 1.64 bits per heavy atom. The van der Waals surface area contributed by atoms with Gasteiger partial charge in [-0.1, -0.05) is 46.0 Å². The summed E-state index contributed by atoms with van der Waals surface area (Å²) in [6, 6.07) is 0. The quantitative estimate of drug-likeness (QED) is 0.601. The molecule has 0 aromatic heterocycles. The van der Waals surface area contributed by atoms with E-state index < -0.39 is 0 Å². The summed E-state index contributed by atoms with van der Waals surface area (Å²) in [7, 11) is 0. The molecule has 0 bridgehead atoms. The van der Waals surface area contributed by atoms with Crippen LogP contribution in [-0.4, -0.2) is 0 Å². The first-order valence-corrected chi connectivity index (χ1v) is 6.86. The Morgan fingerprint density at radius 1 is 0.857 bits per heavy atom. The Bertz CT molecular complexity index is 167. The molecule has 0 aromatic rings. The molecular formula is C14H26. The fourth-order valence-electron chi connectivity index (χ4n) is 4.29. The van der Waals surface area contributed by atoms with Gasteiger partial charge in [-0.3, -0.25) is 0 Å². The largest absolute Gasteiger partial charge is 0.0651 e. The van der Waals surface area contributed by atoms with E-state index in [1.165, 1.54) is 32.1 Å². The molecule has 4 unspecified atom stereocenters. The van der Waals surface area contributed by atoms with Crippen molar-refractivity contribution in [3.8, 4) is 0 Å². The van der Waals surface area contributed by atoms with E-state index in [2.05, 4.69) is 13.8 Å². The Labute approximate surface area is 89.5 Å². The monoisotopic (exact) mass is 194 g/mol. The first-order chi connectivity index (χ1) is 6.86. The summed E-state index contributed by atoms with van der Waals surface area (Å²) < 4.78 is 0. The molecule has 0 spiro atoms. The van der Waals surface area contributed by atoms with E-state index in [1.807, 2.05) is 0 Å². The summed E-state index contributed by atoms with van der Waals surface area (Å²) in [5, 5.41) is 0. The Kier molecular flexibility index (Phi) is 3.52. The number of hydrogen-bond donors (Lipinski definition) is 0. The van der Waals surface area contributed by atoms with Crippen molar-refractivity contribution in [1.82, 2.24) is 0 Å². The van der Waals surface area contributed by atoms with Crippen molar-refractivity contribution in [1.29, 1.82) is 0 Å². The SMILES string of the molecule is CCC1CCC2CCCCC2C1CC. The highest BCUT2D eigenvalue weighted by atomic mass is 14.4. The molecule has 4 atom stereocenters. The van der Waals surface area contributed by atoms with Gasteiger partial charge in [0.2, 0.25) is 0 Å². The van der Waals surface area contributed by atoms with E-state index in [4.69, 9.17) is 0 Å². The standard InChI is InChI=1S/C14H26/c1-3-11-9-10-12-7-5-6-8-14(12)13(11)4-2/h11-14H,3-10H2,1-2H3. The highest BCUT2D eigenvalue weighted by Gasteiger charge is 2.38. The molecule has 82 valence electrons. The van der Waals surface area contributed by atoms with Gasteiger partial charge in [0.05, 0.1) is 0 Å². The third-order valence-electron chi connectivity index (χ3n) is 5.03. The zero-order valence-corrected chi connectivity index (χ0v) is 9.97. The molecule has 2 saturated carbocycles. The third-order valence-corrected chi connectivity index (χ3v) is 5.03. The van der Waals surface area contributed by atoms with E-state index in [9.17, 15) is 0 Å². The van der Waals surface area contributed by atoms with Crippen molar-refractivity contribution < 1.29 is 0 Å².